The van der Waals surface area contributed by atoms with Gasteiger partial charge in [0.1, 0.15) is 23.9 Å². The number of fused-ring (bicyclic) bond motifs is 1. The van der Waals surface area contributed by atoms with Gasteiger partial charge in [0.2, 0.25) is 0 Å². The van der Waals surface area contributed by atoms with Crippen LogP contribution < -0.4 is 9.47 Å². The van der Waals surface area contributed by atoms with E-state index in [9.17, 15) is 4.79 Å². The molecular weight excluding hydrogens is 368 g/mol. The first-order valence-corrected chi connectivity index (χ1v) is 10.2. The van der Waals surface area contributed by atoms with Crippen molar-refractivity contribution in [2.45, 2.75) is 47.0 Å². The summed E-state index contributed by atoms with van der Waals surface area (Å²) in [5, 5.41) is 0. The maximum atomic E-state index is 12.5. The molecule has 5 heteroatoms. The minimum Gasteiger partial charge on any atom is -0.497 e. The number of benzene rings is 1. The van der Waals surface area contributed by atoms with E-state index in [0.717, 1.165) is 29.5 Å². The first kappa shape index (κ1) is 22.9. The van der Waals surface area contributed by atoms with Crippen LogP contribution in [0.3, 0.4) is 0 Å². The Morgan fingerprint density at radius 3 is 2.59 bits per heavy atom. The Kier molecular flexibility index (Phi) is 8.62. The smallest absolute Gasteiger partial charge is 0.310 e. The van der Waals surface area contributed by atoms with Crippen molar-refractivity contribution in [3.8, 4) is 11.5 Å². The van der Waals surface area contributed by atoms with Crippen molar-refractivity contribution in [3.05, 3.63) is 46.7 Å². The number of methoxy groups -OCH3 is 2. The van der Waals surface area contributed by atoms with Gasteiger partial charge in [-0.3, -0.25) is 4.79 Å². The van der Waals surface area contributed by atoms with E-state index in [4.69, 9.17) is 18.9 Å². The number of hydrogen-bond acceptors (Lipinski definition) is 5. The summed E-state index contributed by atoms with van der Waals surface area (Å²) in [4.78, 5) is 12.5. The lowest BCUT2D eigenvalue weighted by Crippen LogP contribution is -2.15. The Morgan fingerprint density at radius 2 is 1.93 bits per heavy atom. The standard InChI is InChI=1S/C24H34O5/c1-16(2)7-8-19-9-10-22-21(24(19)27-6)13-23(25)29-14-18(4)11-17(3)12-20(26-5)15-28-22/h9-12,16,18H,7-8,13-15H2,1-6H3/b17-11-,20-12+. The molecule has 5 nitrogen and oxygen atoms in total. The van der Waals surface area contributed by atoms with Gasteiger partial charge in [0.05, 0.1) is 27.2 Å². The van der Waals surface area contributed by atoms with Crippen LogP contribution >= 0.6 is 0 Å². The molecule has 0 aromatic heterocycles. The SMILES string of the molecule is CO/C1=C/C(C)=C\C(C)COC(=O)Cc2c(ccc(CCC(C)C)c2OC)OC1. The predicted molar refractivity (Wildman–Crippen MR) is 114 cm³/mol. The van der Waals surface area contributed by atoms with Crippen LogP contribution in [-0.4, -0.2) is 33.4 Å². The molecule has 1 atom stereocenters. The van der Waals surface area contributed by atoms with Crippen LogP contribution in [0.2, 0.25) is 0 Å². The second-order valence-electron chi connectivity index (χ2n) is 8.02. The number of carbonyl (C=O) groups excluding carboxylic acids is 1. The molecule has 0 aliphatic carbocycles. The van der Waals surface area contributed by atoms with Crippen LogP contribution in [0.1, 0.15) is 45.2 Å². The van der Waals surface area contributed by atoms with E-state index in [-0.39, 0.29) is 24.9 Å². The van der Waals surface area contributed by atoms with Crippen LogP contribution in [0.25, 0.3) is 0 Å². The number of hydrogen-bond donors (Lipinski definition) is 0. The van der Waals surface area contributed by atoms with Crippen molar-refractivity contribution < 1.29 is 23.7 Å². The molecule has 0 radical (unpaired) electrons. The zero-order valence-electron chi connectivity index (χ0n) is 18.5. The van der Waals surface area contributed by atoms with E-state index in [2.05, 4.69) is 19.9 Å². The quantitative estimate of drug-likeness (QED) is 0.658. The zero-order chi connectivity index (χ0) is 21.4. The van der Waals surface area contributed by atoms with E-state index in [1.54, 1.807) is 14.2 Å². The van der Waals surface area contributed by atoms with Crippen molar-refractivity contribution in [1.82, 2.24) is 0 Å². The lowest BCUT2D eigenvalue weighted by molar-refractivity contribution is -0.143. The van der Waals surface area contributed by atoms with Gasteiger partial charge >= 0.3 is 5.97 Å². The fourth-order valence-electron chi connectivity index (χ4n) is 3.38. The molecule has 0 bridgehead atoms. The predicted octanol–water partition coefficient (Wildman–Crippen LogP) is 4.87. The Morgan fingerprint density at radius 1 is 1.17 bits per heavy atom. The van der Waals surface area contributed by atoms with Gasteiger partial charge in [-0.25, -0.2) is 0 Å². The van der Waals surface area contributed by atoms with Gasteiger partial charge in [-0.1, -0.05) is 38.5 Å². The molecule has 1 aromatic rings. The highest BCUT2D eigenvalue weighted by Crippen LogP contribution is 2.35. The van der Waals surface area contributed by atoms with Crippen molar-refractivity contribution in [2.24, 2.45) is 11.8 Å². The second-order valence-corrected chi connectivity index (χ2v) is 8.02. The number of cyclic esters (lactones) is 1. The van der Waals surface area contributed by atoms with Crippen LogP contribution in [0.15, 0.2) is 35.6 Å². The molecular formula is C24H34O5. The second kappa shape index (κ2) is 10.9. The first-order chi connectivity index (χ1) is 13.8. The summed E-state index contributed by atoms with van der Waals surface area (Å²) in [7, 11) is 3.27. The molecule has 1 aliphatic heterocycles. The molecule has 0 saturated heterocycles. The summed E-state index contributed by atoms with van der Waals surface area (Å²) >= 11 is 0. The van der Waals surface area contributed by atoms with Gasteiger partial charge in [0.15, 0.2) is 0 Å². The molecule has 0 fully saturated rings. The number of esters is 1. The highest BCUT2D eigenvalue weighted by atomic mass is 16.5. The minimum atomic E-state index is -0.286. The van der Waals surface area contributed by atoms with E-state index < -0.39 is 0 Å². The van der Waals surface area contributed by atoms with E-state index in [1.807, 2.05) is 32.1 Å². The molecule has 160 valence electrons. The normalized spacial score (nSPS) is 21.8. The third-order valence-electron chi connectivity index (χ3n) is 4.89. The maximum Gasteiger partial charge on any atom is 0.310 e. The van der Waals surface area contributed by atoms with Crippen LogP contribution in [0, 0.1) is 11.8 Å². The summed E-state index contributed by atoms with van der Waals surface area (Å²) < 4.78 is 22.8. The van der Waals surface area contributed by atoms with E-state index >= 15 is 0 Å². The summed E-state index contributed by atoms with van der Waals surface area (Å²) in [5.41, 5.74) is 2.84. The molecule has 2 rings (SSSR count). The Labute approximate surface area is 174 Å². The van der Waals surface area contributed by atoms with Crippen molar-refractivity contribution in [2.75, 3.05) is 27.4 Å². The van der Waals surface area contributed by atoms with Gasteiger partial charge in [-0.15, -0.1) is 0 Å². The fourth-order valence-corrected chi connectivity index (χ4v) is 3.38. The topological polar surface area (TPSA) is 54.0 Å². The molecule has 1 heterocycles. The third kappa shape index (κ3) is 6.84. The van der Waals surface area contributed by atoms with Crippen molar-refractivity contribution in [3.63, 3.8) is 0 Å². The lowest BCUT2D eigenvalue weighted by atomic mass is 9.98. The number of ether oxygens (including phenoxy) is 4. The molecule has 29 heavy (non-hydrogen) atoms. The monoisotopic (exact) mass is 402 g/mol. The molecule has 0 amide bonds. The average molecular weight is 403 g/mol. The molecule has 0 saturated carbocycles. The van der Waals surface area contributed by atoms with Gasteiger partial charge in [-0.05, 0) is 43.4 Å². The molecule has 1 unspecified atom stereocenters. The maximum absolute atomic E-state index is 12.5. The third-order valence-corrected chi connectivity index (χ3v) is 4.89. The molecule has 1 aromatic carbocycles. The van der Waals surface area contributed by atoms with Crippen LogP contribution in [0.4, 0.5) is 0 Å². The summed E-state index contributed by atoms with van der Waals surface area (Å²) in [6.07, 6.45) is 6.04. The highest BCUT2D eigenvalue weighted by molar-refractivity contribution is 5.75. The minimum absolute atomic E-state index is 0.105. The Balaban J connectivity index is 2.43. The highest BCUT2D eigenvalue weighted by Gasteiger charge is 2.20. The number of carbonyl (C=O) groups is 1. The van der Waals surface area contributed by atoms with Crippen LogP contribution in [0.5, 0.6) is 11.5 Å². The molecule has 0 spiro atoms. The van der Waals surface area contributed by atoms with Crippen molar-refractivity contribution >= 4 is 5.97 Å². The van der Waals surface area contributed by atoms with Gasteiger partial charge in [0.25, 0.3) is 0 Å². The first-order valence-electron chi connectivity index (χ1n) is 10.2. The summed E-state index contributed by atoms with van der Waals surface area (Å²) in [5.74, 6) is 2.44. The average Bonchev–Trinajstić information content (AvgIpc) is 2.68. The fraction of sp³-hybridized carbons (Fsp3) is 0.542. The van der Waals surface area contributed by atoms with E-state index in [0.29, 0.717) is 29.8 Å². The summed E-state index contributed by atoms with van der Waals surface area (Å²) in [6, 6.07) is 3.94. The molecule has 0 N–H and O–H groups in total. The number of allylic oxidation sites excluding steroid dienone is 2. The van der Waals surface area contributed by atoms with E-state index in [1.165, 1.54) is 0 Å². The van der Waals surface area contributed by atoms with Gasteiger partial charge in [-0.2, -0.15) is 0 Å². The molecule has 1 aliphatic rings. The van der Waals surface area contributed by atoms with Gasteiger partial charge in [0, 0.05) is 11.5 Å². The zero-order valence-corrected chi connectivity index (χ0v) is 18.5. The van der Waals surface area contributed by atoms with Crippen molar-refractivity contribution in [1.29, 1.82) is 0 Å². The number of aryl methyl sites for hydroxylation is 1. The Hall–Kier alpha value is -2.43. The van der Waals surface area contributed by atoms with Crippen LogP contribution in [-0.2, 0) is 27.1 Å². The van der Waals surface area contributed by atoms with Gasteiger partial charge < -0.3 is 18.9 Å². The lowest BCUT2D eigenvalue weighted by Gasteiger charge is -2.19. The number of rotatable bonds is 5. The Bertz CT molecular complexity index is 761. The largest absolute Gasteiger partial charge is 0.497 e. The summed E-state index contributed by atoms with van der Waals surface area (Å²) in [6.45, 7) is 9.00.